The maximum Gasteiger partial charge on any atom is 0.323 e. The van der Waals surface area contributed by atoms with Crippen molar-refractivity contribution in [1.29, 1.82) is 0 Å². The second-order valence-electron chi connectivity index (χ2n) is 4.79. The van der Waals surface area contributed by atoms with Gasteiger partial charge in [-0.2, -0.15) is 13.1 Å². The van der Waals surface area contributed by atoms with Gasteiger partial charge in [0.2, 0.25) is 0 Å². The zero-order valence-electron chi connectivity index (χ0n) is 10.5. The Morgan fingerprint density at radius 2 is 2.00 bits per heavy atom. The first-order valence-electron chi connectivity index (χ1n) is 6.43. The third-order valence-corrected chi connectivity index (χ3v) is 4.42. The first kappa shape index (κ1) is 12.6. The molecule has 0 aromatic carbocycles. The highest BCUT2D eigenvalue weighted by atomic mass is 32.2. The molecule has 2 aliphatic heterocycles. The molecule has 102 valence electrons. The number of hydrogen-bond donors (Lipinski definition) is 1. The van der Waals surface area contributed by atoms with Gasteiger partial charge in [0.1, 0.15) is 12.0 Å². The van der Waals surface area contributed by atoms with Crippen molar-refractivity contribution in [3.8, 4) is 0 Å². The normalized spacial score (nSPS) is 26.2. The molecule has 1 fully saturated rings. The van der Waals surface area contributed by atoms with E-state index in [2.05, 4.69) is 19.0 Å². The fraction of sp³-hybridized carbons (Fsp3) is 0.500. The van der Waals surface area contributed by atoms with Crippen LogP contribution in [0.25, 0.3) is 0 Å². The van der Waals surface area contributed by atoms with E-state index in [0.717, 1.165) is 37.8 Å². The highest BCUT2D eigenvalue weighted by Crippen LogP contribution is 2.27. The number of hydrogen-bond acceptors (Lipinski definition) is 4. The Bertz CT molecular complexity index is 585. The number of nitrogens with zero attached hydrogens (tertiary/aromatic N) is 3. The van der Waals surface area contributed by atoms with E-state index in [-0.39, 0.29) is 6.17 Å². The molecule has 0 radical (unpaired) electrons. The Hall–Kier alpha value is -1.47. The first-order chi connectivity index (χ1) is 9.16. The summed E-state index contributed by atoms with van der Waals surface area (Å²) in [5.74, 6) is 0.679. The zero-order valence-corrected chi connectivity index (χ0v) is 11.3. The van der Waals surface area contributed by atoms with Gasteiger partial charge in [-0.15, -0.1) is 4.40 Å². The molecular weight excluding hydrogens is 264 g/mol. The fourth-order valence-corrected chi connectivity index (χ4v) is 3.63. The number of nitrogens with one attached hydrogen (secondary N) is 1. The molecule has 1 saturated heterocycles. The van der Waals surface area contributed by atoms with Crippen LogP contribution in [0, 0.1) is 0 Å². The van der Waals surface area contributed by atoms with Crippen molar-refractivity contribution < 1.29 is 8.42 Å². The van der Waals surface area contributed by atoms with E-state index in [1.807, 2.05) is 12.1 Å². The fourth-order valence-electron chi connectivity index (χ4n) is 2.55. The van der Waals surface area contributed by atoms with E-state index in [9.17, 15) is 8.42 Å². The standard InChI is InChI=1S/C12H16N4O2S/c17-19(18)14-11-4-2-1-3-9-16(11)12(15-19)10-5-7-13-8-6-10/h5-8,12,15H,1-4,9H2/t12-/m1/s1. The highest BCUT2D eigenvalue weighted by molar-refractivity contribution is 7.88. The molecule has 3 rings (SSSR count). The van der Waals surface area contributed by atoms with Crippen molar-refractivity contribution in [3.05, 3.63) is 30.1 Å². The summed E-state index contributed by atoms with van der Waals surface area (Å²) in [5.41, 5.74) is 0.896. The van der Waals surface area contributed by atoms with Crippen molar-refractivity contribution in [3.63, 3.8) is 0 Å². The van der Waals surface area contributed by atoms with E-state index in [1.165, 1.54) is 0 Å². The topological polar surface area (TPSA) is 74.7 Å². The molecule has 0 aliphatic carbocycles. The van der Waals surface area contributed by atoms with Gasteiger partial charge in [0.25, 0.3) is 0 Å². The lowest BCUT2D eigenvalue weighted by atomic mass is 10.2. The van der Waals surface area contributed by atoms with Crippen LogP contribution in [0.1, 0.15) is 37.4 Å². The maximum atomic E-state index is 11.9. The van der Waals surface area contributed by atoms with Crippen molar-refractivity contribution in [2.75, 3.05) is 6.54 Å². The second-order valence-corrected chi connectivity index (χ2v) is 6.16. The predicted octanol–water partition coefficient (Wildman–Crippen LogP) is 1.20. The molecule has 1 atom stereocenters. The molecule has 2 aliphatic rings. The van der Waals surface area contributed by atoms with Gasteiger partial charge in [0.15, 0.2) is 0 Å². The Morgan fingerprint density at radius 3 is 2.79 bits per heavy atom. The minimum Gasteiger partial charge on any atom is -0.339 e. The Kier molecular flexibility index (Phi) is 3.24. The summed E-state index contributed by atoms with van der Waals surface area (Å²) in [6, 6.07) is 3.67. The van der Waals surface area contributed by atoms with Gasteiger partial charge in [-0.25, -0.2) is 0 Å². The van der Waals surface area contributed by atoms with E-state index < -0.39 is 10.2 Å². The summed E-state index contributed by atoms with van der Waals surface area (Å²) >= 11 is 0. The van der Waals surface area contributed by atoms with Crippen LogP contribution in [-0.4, -0.2) is 30.7 Å². The van der Waals surface area contributed by atoms with Crippen molar-refractivity contribution in [2.45, 2.75) is 31.8 Å². The Labute approximate surface area is 112 Å². The van der Waals surface area contributed by atoms with E-state index >= 15 is 0 Å². The largest absolute Gasteiger partial charge is 0.339 e. The molecule has 7 heteroatoms. The second kappa shape index (κ2) is 4.90. The van der Waals surface area contributed by atoms with Gasteiger partial charge in [0, 0.05) is 25.4 Å². The van der Waals surface area contributed by atoms with Crippen molar-refractivity contribution >= 4 is 16.0 Å². The van der Waals surface area contributed by atoms with E-state index in [4.69, 9.17) is 0 Å². The quantitative estimate of drug-likeness (QED) is 0.839. The van der Waals surface area contributed by atoms with Crippen LogP contribution >= 0.6 is 0 Å². The van der Waals surface area contributed by atoms with Crippen LogP contribution < -0.4 is 4.72 Å². The smallest absolute Gasteiger partial charge is 0.323 e. The lowest BCUT2D eigenvalue weighted by Gasteiger charge is -2.36. The molecule has 1 aromatic heterocycles. The summed E-state index contributed by atoms with van der Waals surface area (Å²) in [6.07, 6.45) is 6.87. The Balaban J connectivity index is 2.02. The molecule has 0 saturated carbocycles. The predicted molar refractivity (Wildman–Crippen MR) is 71.6 cm³/mol. The summed E-state index contributed by atoms with van der Waals surface area (Å²) in [5, 5.41) is 0. The third-order valence-electron chi connectivity index (χ3n) is 3.45. The van der Waals surface area contributed by atoms with Crippen LogP contribution in [0.15, 0.2) is 28.9 Å². The molecule has 0 spiro atoms. The first-order valence-corrected chi connectivity index (χ1v) is 7.87. The van der Waals surface area contributed by atoms with Gasteiger partial charge < -0.3 is 4.90 Å². The molecule has 0 bridgehead atoms. The maximum absolute atomic E-state index is 11.9. The Morgan fingerprint density at radius 1 is 1.21 bits per heavy atom. The minimum absolute atomic E-state index is 0.362. The number of amidine groups is 1. The number of fused-ring (bicyclic) bond motifs is 1. The number of rotatable bonds is 1. The average molecular weight is 280 g/mol. The summed E-state index contributed by atoms with van der Waals surface area (Å²) in [4.78, 5) is 6.03. The molecule has 19 heavy (non-hydrogen) atoms. The van der Waals surface area contributed by atoms with Gasteiger partial charge in [-0.3, -0.25) is 4.98 Å². The molecule has 0 amide bonds. The van der Waals surface area contributed by atoms with Crippen LogP contribution in [0.3, 0.4) is 0 Å². The van der Waals surface area contributed by atoms with Gasteiger partial charge in [-0.1, -0.05) is 6.42 Å². The van der Waals surface area contributed by atoms with Crippen LogP contribution in [0.2, 0.25) is 0 Å². The van der Waals surface area contributed by atoms with Crippen LogP contribution in [0.4, 0.5) is 0 Å². The van der Waals surface area contributed by atoms with Crippen molar-refractivity contribution in [2.24, 2.45) is 4.40 Å². The van der Waals surface area contributed by atoms with Gasteiger partial charge in [0.05, 0.1) is 0 Å². The SMILES string of the molecule is O=S1(=O)N=C2CCCCCN2[C@H](c2ccncc2)N1. The third kappa shape index (κ3) is 2.62. The molecule has 6 nitrogen and oxygen atoms in total. The molecule has 1 N–H and O–H groups in total. The van der Waals surface area contributed by atoms with Crippen LogP contribution in [0.5, 0.6) is 0 Å². The molecular formula is C12H16N4O2S. The van der Waals surface area contributed by atoms with Gasteiger partial charge in [-0.05, 0) is 30.5 Å². The molecule has 1 aromatic rings. The van der Waals surface area contributed by atoms with Crippen molar-refractivity contribution in [1.82, 2.24) is 14.6 Å². The molecule has 0 unspecified atom stereocenters. The van der Waals surface area contributed by atoms with Crippen LogP contribution in [-0.2, 0) is 10.2 Å². The summed E-state index contributed by atoms with van der Waals surface area (Å²) < 4.78 is 30.2. The highest BCUT2D eigenvalue weighted by Gasteiger charge is 2.33. The lowest BCUT2D eigenvalue weighted by Crippen LogP contribution is -2.48. The monoisotopic (exact) mass is 280 g/mol. The number of aromatic nitrogens is 1. The van der Waals surface area contributed by atoms with E-state index in [1.54, 1.807) is 12.4 Å². The lowest BCUT2D eigenvalue weighted by molar-refractivity contribution is 0.291. The van der Waals surface area contributed by atoms with E-state index in [0.29, 0.717) is 5.84 Å². The van der Waals surface area contributed by atoms with Gasteiger partial charge >= 0.3 is 10.2 Å². The number of pyridine rings is 1. The summed E-state index contributed by atoms with van der Waals surface area (Å²) in [7, 11) is -3.59. The molecule has 3 heterocycles. The summed E-state index contributed by atoms with van der Waals surface area (Å²) in [6.45, 7) is 0.828. The average Bonchev–Trinajstić information content (AvgIpc) is 2.63. The minimum atomic E-state index is -3.59. The zero-order chi connectivity index (χ0) is 13.3.